The highest BCUT2D eigenvalue weighted by Gasteiger charge is 2.32. The first-order chi connectivity index (χ1) is 7.34. The van der Waals surface area contributed by atoms with Gasteiger partial charge in [-0.1, -0.05) is 23.8 Å². The second-order valence-electron chi connectivity index (χ2n) is 4.59. The van der Waals surface area contributed by atoms with Crippen molar-refractivity contribution in [1.29, 1.82) is 0 Å². The molecule has 0 bridgehead atoms. The van der Waals surface area contributed by atoms with Crippen LogP contribution in [0.2, 0.25) is 0 Å². The summed E-state index contributed by atoms with van der Waals surface area (Å²) in [4.78, 5) is 0. The van der Waals surface area contributed by atoms with Crippen LogP contribution >= 0.6 is 0 Å². The van der Waals surface area contributed by atoms with Crippen molar-refractivity contribution in [2.45, 2.75) is 31.9 Å². The Morgan fingerprint density at radius 3 is 3.00 bits per heavy atom. The molecule has 1 N–H and O–H groups in total. The number of aryl methyl sites for hydroxylation is 1. The maximum absolute atomic E-state index is 5.89. The molecule has 2 atom stereocenters. The number of ether oxygens (including phenoxy) is 1. The second kappa shape index (κ2) is 3.62. The van der Waals surface area contributed by atoms with E-state index in [2.05, 4.69) is 30.4 Å². The van der Waals surface area contributed by atoms with Crippen molar-refractivity contribution in [3.8, 4) is 0 Å². The molecule has 2 heteroatoms. The highest BCUT2D eigenvalue weighted by atomic mass is 16.5. The van der Waals surface area contributed by atoms with Gasteiger partial charge in [0.05, 0.1) is 12.7 Å². The van der Waals surface area contributed by atoms with E-state index in [9.17, 15) is 0 Å². The normalized spacial score (nSPS) is 29.4. The van der Waals surface area contributed by atoms with Gasteiger partial charge < -0.3 is 10.1 Å². The second-order valence-corrected chi connectivity index (χ2v) is 4.59. The van der Waals surface area contributed by atoms with Crippen molar-refractivity contribution in [2.75, 3.05) is 13.2 Å². The highest BCUT2D eigenvalue weighted by Crippen LogP contribution is 2.33. The number of rotatable bonds is 1. The van der Waals surface area contributed by atoms with Crippen molar-refractivity contribution >= 4 is 0 Å². The fourth-order valence-electron chi connectivity index (χ4n) is 2.52. The van der Waals surface area contributed by atoms with Gasteiger partial charge in [-0.05, 0) is 37.4 Å². The Morgan fingerprint density at radius 2 is 2.27 bits per heavy atom. The quantitative estimate of drug-likeness (QED) is 0.753. The largest absolute Gasteiger partial charge is 0.372 e. The van der Waals surface area contributed by atoms with Crippen LogP contribution in [0.4, 0.5) is 0 Å². The van der Waals surface area contributed by atoms with E-state index < -0.39 is 0 Å². The third-order valence-electron chi connectivity index (χ3n) is 3.50. The standard InChI is InChI=1S/C13H17NO/c1-9-2-3-11-10(8-9)5-7-15-13(11)12-4-6-14-12/h2-3,8,12-14H,4-7H2,1H3/t12-,13+/m1/s1. The molecule has 2 heterocycles. The maximum atomic E-state index is 5.89. The van der Waals surface area contributed by atoms with E-state index in [0.29, 0.717) is 12.1 Å². The lowest BCUT2D eigenvalue weighted by Crippen LogP contribution is -2.48. The Bertz CT molecular complexity index is 371. The van der Waals surface area contributed by atoms with E-state index in [1.54, 1.807) is 0 Å². The molecule has 0 amide bonds. The SMILES string of the molecule is Cc1ccc2c(c1)CCO[C@@H]2[C@H]1CCN1. The Hall–Kier alpha value is -0.860. The van der Waals surface area contributed by atoms with Crippen LogP contribution in [0.5, 0.6) is 0 Å². The molecule has 0 aliphatic carbocycles. The zero-order chi connectivity index (χ0) is 10.3. The van der Waals surface area contributed by atoms with Crippen LogP contribution in [0.1, 0.15) is 29.2 Å². The Morgan fingerprint density at radius 1 is 1.40 bits per heavy atom. The van der Waals surface area contributed by atoms with Gasteiger partial charge in [0.2, 0.25) is 0 Å². The minimum atomic E-state index is 0.295. The molecule has 1 saturated heterocycles. The third-order valence-corrected chi connectivity index (χ3v) is 3.50. The molecule has 2 aliphatic heterocycles. The number of hydrogen-bond acceptors (Lipinski definition) is 2. The molecule has 0 saturated carbocycles. The zero-order valence-corrected chi connectivity index (χ0v) is 9.12. The van der Waals surface area contributed by atoms with Gasteiger partial charge in [-0.3, -0.25) is 0 Å². The zero-order valence-electron chi connectivity index (χ0n) is 9.12. The lowest BCUT2D eigenvalue weighted by molar-refractivity contribution is -0.00150. The predicted octanol–water partition coefficient (Wildman–Crippen LogP) is 1.97. The summed E-state index contributed by atoms with van der Waals surface area (Å²) in [6.45, 7) is 4.18. The number of nitrogens with one attached hydrogen (secondary N) is 1. The maximum Gasteiger partial charge on any atom is 0.0981 e. The first-order valence-corrected chi connectivity index (χ1v) is 5.79. The summed E-state index contributed by atoms with van der Waals surface area (Å²) in [5.74, 6) is 0. The molecule has 0 aromatic heterocycles. The van der Waals surface area contributed by atoms with Crippen molar-refractivity contribution in [3.05, 3.63) is 34.9 Å². The van der Waals surface area contributed by atoms with Crippen molar-refractivity contribution < 1.29 is 4.74 Å². The minimum Gasteiger partial charge on any atom is -0.372 e. The van der Waals surface area contributed by atoms with Gasteiger partial charge in [0.1, 0.15) is 0 Å². The van der Waals surface area contributed by atoms with Gasteiger partial charge in [0, 0.05) is 6.04 Å². The van der Waals surface area contributed by atoms with Crippen LogP contribution in [0.3, 0.4) is 0 Å². The van der Waals surface area contributed by atoms with E-state index in [1.807, 2.05) is 0 Å². The molecule has 2 nitrogen and oxygen atoms in total. The van der Waals surface area contributed by atoms with Gasteiger partial charge in [0.15, 0.2) is 0 Å². The van der Waals surface area contributed by atoms with E-state index in [0.717, 1.165) is 19.6 Å². The Balaban J connectivity index is 1.95. The van der Waals surface area contributed by atoms with Crippen molar-refractivity contribution in [3.63, 3.8) is 0 Å². The summed E-state index contributed by atoms with van der Waals surface area (Å²) >= 11 is 0. The average Bonchev–Trinajstić information content (AvgIpc) is 2.15. The molecule has 1 aromatic carbocycles. The minimum absolute atomic E-state index is 0.295. The molecule has 3 rings (SSSR count). The molecular formula is C13H17NO. The first-order valence-electron chi connectivity index (χ1n) is 5.79. The van der Waals surface area contributed by atoms with Gasteiger partial charge in [-0.15, -0.1) is 0 Å². The van der Waals surface area contributed by atoms with E-state index in [-0.39, 0.29) is 0 Å². The lowest BCUT2D eigenvalue weighted by atomic mass is 9.88. The molecule has 1 aromatic rings. The summed E-state index contributed by atoms with van der Waals surface area (Å²) in [5.41, 5.74) is 4.25. The summed E-state index contributed by atoms with van der Waals surface area (Å²) < 4.78 is 5.89. The van der Waals surface area contributed by atoms with E-state index >= 15 is 0 Å². The fourth-order valence-corrected chi connectivity index (χ4v) is 2.52. The molecule has 2 aliphatic rings. The van der Waals surface area contributed by atoms with Crippen LogP contribution in [0.15, 0.2) is 18.2 Å². The lowest BCUT2D eigenvalue weighted by Gasteiger charge is -2.38. The third kappa shape index (κ3) is 1.58. The summed E-state index contributed by atoms with van der Waals surface area (Å²) in [6.07, 6.45) is 2.61. The molecule has 80 valence electrons. The van der Waals surface area contributed by atoms with Crippen molar-refractivity contribution in [1.82, 2.24) is 5.32 Å². The topological polar surface area (TPSA) is 21.3 Å². The monoisotopic (exact) mass is 203 g/mol. The Kier molecular flexibility index (Phi) is 2.26. The van der Waals surface area contributed by atoms with Gasteiger partial charge in [0.25, 0.3) is 0 Å². The average molecular weight is 203 g/mol. The van der Waals surface area contributed by atoms with E-state index in [1.165, 1.54) is 23.1 Å². The molecule has 1 fully saturated rings. The van der Waals surface area contributed by atoms with Gasteiger partial charge >= 0.3 is 0 Å². The van der Waals surface area contributed by atoms with Crippen molar-refractivity contribution in [2.24, 2.45) is 0 Å². The number of fused-ring (bicyclic) bond motifs is 1. The molecule has 15 heavy (non-hydrogen) atoms. The smallest absolute Gasteiger partial charge is 0.0981 e. The number of benzene rings is 1. The van der Waals surface area contributed by atoms with E-state index in [4.69, 9.17) is 4.74 Å². The fraction of sp³-hybridized carbons (Fsp3) is 0.538. The van der Waals surface area contributed by atoms with Gasteiger partial charge in [-0.2, -0.15) is 0 Å². The van der Waals surface area contributed by atoms with Crippen LogP contribution in [-0.2, 0) is 11.2 Å². The van der Waals surface area contributed by atoms with Crippen LogP contribution in [0.25, 0.3) is 0 Å². The molecule has 0 radical (unpaired) electrons. The van der Waals surface area contributed by atoms with Crippen LogP contribution in [0, 0.1) is 6.92 Å². The summed E-state index contributed by atoms with van der Waals surface area (Å²) in [5, 5.41) is 3.45. The molecule has 0 spiro atoms. The molecule has 0 unspecified atom stereocenters. The first kappa shape index (κ1) is 9.37. The summed E-state index contributed by atoms with van der Waals surface area (Å²) in [7, 11) is 0. The number of hydrogen-bond donors (Lipinski definition) is 1. The predicted molar refractivity (Wildman–Crippen MR) is 60.0 cm³/mol. The summed E-state index contributed by atoms with van der Waals surface area (Å²) in [6, 6.07) is 7.30. The highest BCUT2D eigenvalue weighted by molar-refractivity contribution is 5.35. The van der Waals surface area contributed by atoms with Crippen LogP contribution in [-0.4, -0.2) is 19.2 Å². The van der Waals surface area contributed by atoms with Gasteiger partial charge in [-0.25, -0.2) is 0 Å². The Labute approximate surface area is 90.6 Å². The van der Waals surface area contributed by atoms with Crippen LogP contribution < -0.4 is 5.32 Å². The molecular weight excluding hydrogens is 186 g/mol.